The first-order valence-corrected chi connectivity index (χ1v) is 11.0. The second-order valence-corrected chi connectivity index (χ2v) is 10.6. The van der Waals surface area contributed by atoms with E-state index in [-0.39, 0.29) is 13.0 Å². The van der Waals surface area contributed by atoms with Crippen molar-refractivity contribution < 1.29 is 39.2 Å². The summed E-state index contributed by atoms with van der Waals surface area (Å²) in [6.45, 7) is 9.43. The number of hydrogen-bond donors (Lipinski definition) is 3. The van der Waals surface area contributed by atoms with Crippen LogP contribution in [0.3, 0.4) is 0 Å². The number of carbonyl (C=O) groups excluding carboxylic acids is 3. The van der Waals surface area contributed by atoms with Crippen molar-refractivity contribution in [3.63, 3.8) is 0 Å². The minimum atomic E-state index is -1.92. The number of carbonyl (C=O) groups is 3. The molecule has 2 saturated carbocycles. The summed E-state index contributed by atoms with van der Waals surface area (Å²) in [5.41, 5.74) is -4.65. The molecule has 0 aromatic rings. The van der Waals surface area contributed by atoms with E-state index >= 15 is 0 Å². The molecular weight excluding hydrogens is 416 g/mol. The summed E-state index contributed by atoms with van der Waals surface area (Å²) in [4.78, 5) is 36.5. The van der Waals surface area contributed by atoms with Crippen molar-refractivity contribution in [3.8, 4) is 0 Å². The highest BCUT2D eigenvalue weighted by atomic mass is 16.6. The van der Waals surface area contributed by atoms with E-state index in [1.54, 1.807) is 26.0 Å². The van der Waals surface area contributed by atoms with Crippen molar-refractivity contribution in [2.24, 2.45) is 29.1 Å². The van der Waals surface area contributed by atoms with Gasteiger partial charge in [-0.05, 0) is 18.1 Å². The van der Waals surface area contributed by atoms with Gasteiger partial charge in [0.05, 0.1) is 11.7 Å². The van der Waals surface area contributed by atoms with Gasteiger partial charge in [0.25, 0.3) is 0 Å². The summed E-state index contributed by atoms with van der Waals surface area (Å²) in [5.74, 6) is -4.45. The van der Waals surface area contributed by atoms with Crippen molar-refractivity contribution >= 4 is 17.7 Å². The predicted molar refractivity (Wildman–Crippen MR) is 112 cm³/mol. The predicted octanol–water partition coefficient (Wildman–Crippen LogP) is 1.07. The molecule has 0 amide bonds. The third kappa shape index (κ3) is 2.63. The molecule has 0 unspecified atom stereocenters. The van der Waals surface area contributed by atoms with Crippen LogP contribution >= 0.6 is 0 Å². The van der Waals surface area contributed by atoms with Gasteiger partial charge in [-0.15, -0.1) is 0 Å². The molecule has 0 heterocycles. The first-order valence-electron chi connectivity index (χ1n) is 11.0. The SMILES string of the molecule is CC(=O)OCC1=C[C@H]2[C@@H]3C(C)(C)[C@]3(OC(C)=O)[C@H](O)[C@@H](C)[C@]2(O)[C@@H]2C=C(C)C(=O)[C@]2(O)C1. The molecule has 8 nitrogen and oxygen atoms in total. The normalized spacial score (nSPS) is 46.0. The summed E-state index contributed by atoms with van der Waals surface area (Å²) in [6, 6.07) is 0. The van der Waals surface area contributed by atoms with Crippen molar-refractivity contribution in [1.82, 2.24) is 0 Å². The standard InChI is InChI=1S/C24H32O8/c1-11-7-17-22(29,19(11)27)9-15(10-31-13(3)25)8-16-18-21(5,6)24(18,32-14(4)26)20(28)12(2)23(16,17)30/h7-8,12,16-18,20,28-30H,9-10H2,1-6H3/t12-,16+,17-,18-,20-,22+,23-,24-/m1/s1. The van der Waals surface area contributed by atoms with Crippen LogP contribution in [0.2, 0.25) is 0 Å². The van der Waals surface area contributed by atoms with Crippen LogP contribution < -0.4 is 0 Å². The quantitative estimate of drug-likeness (QED) is 0.432. The van der Waals surface area contributed by atoms with Crippen LogP contribution in [0.1, 0.15) is 48.0 Å². The summed E-state index contributed by atoms with van der Waals surface area (Å²) in [7, 11) is 0. The van der Waals surface area contributed by atoms with Gasteiger partial charge < -0.3 is 24.8 Å². The van der Waals surface area contributed by atoms with Crippen LogP contribution in [-0.2, 0) is 23.9 Å². The number of hydrogen-bond acceptors (Lipinski definition) is 8. The van der Waals surface area contributed by atoms with E-state index in [4.69, 9.17) is 9.47 Å². The molecule has 0 aromatic carbocycles. The van der Waals surface area contributed by atoms with E-state index < -0.39 is 69.7 Å². The molecular formula is C24H32O8. The summed E-state index contributed by atoms with van der Waals surface area (Å²) in [6.07, 6.45) is 2.04. The lowest BCUT2D eigenvalue weighted by Crippen LogP contribution is -2.65. The number of fused-ring (bicyclic) bond motifs is 5. The molecule has 8 atom stereocenters. The second kappa shape index (κ2) is 6.74. The summed E-state index contributed by atoms with van der Waals surface area (Å²) in [5, 5.41) is 35.2. The van der Waals surface area contributed by atoms with Crippen LogP contribution in [0.25, 0.3) is 0 Å². The third-order valence-electron chi connectivity index (χ3n) is 8.56. The van der Waals surface area contributed by atoms with Crippen molar-refractivity contribution in [3.05, 3.63) is 23.3 Å². The Morgan fingerprint density at radius 2 is 1.78 bits per heavy atom. The van der Waals surface area contributed by atoms with E-state index in [9.17, 15) is 29.7 Å². The van der Waals surface area contributed by atoms with Gasteiger partial charge in [0.2, 0.25) is 0 Å². The fourth-order valence-electron chi connectivity index (χ4n) is 7.09. The molecule has 0 spiro atoms. The maximum atomic E-state index is 13.0. The van der Waals surface area contributed by atoms with Gasteiger partial charge in [-0.3, -0.25) is 14.4 Å². The molecule has 3 N–H and O–H groups in total. The van der Waals surface area contributed by atoms with E-state index in [0.29, 0.717) is 11.1 Å². The molecule has 0 aliphatic heterocycles. The number of aliphatic hydroxyl groups excluding tert-OH is 1. The highest BCUT2D eigenvalue weighted by Gasteiger charge is 2.86. The van der Waals surface area contributed by atoms with Crippen LogP contribution in [0.15, 0.2) is 23.3 Å². The molecule has 4 aliphatic carbocycles. The fraction of sp³-hybridized carbons (Fsp3) is 0.708. The van der Waals surface area contributed by atoms with E-state index in [1.807, 2.05) is 13.8 Å². The molecule has 32 heavy (non-hydrogen) atoms. The number of esters is 2. The molecule has 0 radical (unpaired) electrons. The molecule has 8 heteroatoms. The van der Waals surface area contributed by atoms with Gasteiger partial charge in [0.15, 0.2) is 5.78 Å². The molecule has 0 aromatic heterocycles. The van der Waals surface area contributed by atoms with Crippen molar-refractivity contribution in [2.75, 3.05) is 6.61 Å². The lowest BCUT2D eigenvalue weighted by atomic mass is 9.59. The number of Topliss-reactive ketones (excluding diaryl/α,β-unsaturated/α-hetero) is 1. The number of ketones is 1. The topological polar surface area (TPSA) is 130 Å². The highest BCUT2D eigenvalue weighted by Crippen LogP contribution is 2.76. The van der Waals surface area contributed by atoms with Gasteiger partial charge in [-0.1, -0.05) is 32.9 Å². The highest BCUT2D eigenvalue weighted by molar-refractivity contribution is 6.04. The lowest BCUT2D eigenvalue weighted by molar-refractivity contribution is -0.218. The zero-order chi connectivity index (χ0) is 24.0. The van der Waals surface area contributed by atoms with Crippen LogP contribution in [0.4, 0.5) is 0 Å². The maximum absolute atomic E-state index is 13.0. The van der Waals surface area contributed by atoms with Gasteiger partial charge in [0.1, 0.15) is 17.8 Å². The Labute approximate surface area is 187 Å². The first kappa shape index (κ1) is 23.1. The smallest absolute Gasteiger partial charge is 0.303 e. The summed E-state index contributed by atoms with van der Waals surface area (Å²) >= 11 is 0. The Balaban J connectivity index is 1.91. The molecule has 0 saturated heterocycles. The molecule has 176 valence electrons. The van der Waals surface area contributed by atoms with E-state index in [1.165, 1.54) is 13.8 Å². The Bertz CT molecular complexity index is 963. The number of rotatable bonds is 3. The van der Waals surface area contributed by atoms with Crippen molar-refractivity contribution in [1.29, 1.82) is 0 Å². The van der Waals surface area contributed by atoms with Gasteiger partial charge in [0, 0.05) is 49.4 Å². The zero-order valence-corrected chi connectivity index (χ0v) is 19.3. The minimum absolute atomic E-state index is 0.104. The number of aliphatic hydroxyl groups is 3. The Kier molecular flexibility index (Phi) is 4.88. The van der Waals surface area contributed by atoms with Gasteiger partial charge >= 0.3 is 11.9 Å². The Hall–Kier alpha value is -2.03. The van der Waals surface area contributed by atoms with E-state index in [2.05, 4.69) is 0 Å². The Morgan fingerprint density at radius 1 is 1.16 bits per heavy atom. The maximum Gasteiger partial charge on any atom is 0.303 e. The average molecular weight is 449 g/mol. The van der Waals surface area contributed by atoms with Crippen LogP contribution in [0.5, 0.6) is 0 Å². The molecule has 0 bridgehead atoms. The fourth-order valence-corrected chi connectivity index (χ4v) is 7.09. The monoisotopic (exact) mass is 448 g/mol. The molecule has 2 fully saturated rings. The second-order valence-electron chi connectivity index (χ2n) is 10.6. The largest absolute Gasteiger partial charge is 0.461 e. The molecule has 4 aliphatic rings. The first-order chi connectivity index (χ1) is 14.7. The average Bonchev–Trinajstić information content (AvgIpc) is 3.11. The van der Waals surface area contributed by atoms with E-state index in [0.717, 1.165) is 0 Å². The number of ether oxygens (including phenoxy) is 2. The third-order valence-corrected chi connectivity index (χ3v) is 8.56. The minimum Gasteiger partial charge on any atom is -0.461 e. The Morgan fingerprint density at radius 3 is 2.34 bits per heavy atom. The van der Waals surface area contributed by atoms with Crippen LogP contribution in [0, 0.1) is 29.1 Å². The summed E-state index contributed by atoms with van der Waals surface area (Å²) < 4.78 is 10.9. The lowest BCUT2D eigenvalue weighted by Gasteiger charge is -2.52. The van der Waals surface area contributed by atoms with Crippen LogP contribution in [-0.4, -0.2) is 62.6 Å². The molecule has 4 rings (SSSR count). The van der Waals surface area contributed by atoms with Gasteiger partial charge in [-0.2, -0.15) is 0 Å². The van der Waals surface area contributed by atoms with Crippen molar-refractivity contribution in [2.45, 2.75) is 70.9 Å². The zero-order valence-electron chi connectivity index (χ0n) is 19.3. The van der Waals surface area contributed by atoms with Gasteiger partial charge in [-0.25, -0.2) is 0 Å².